The van der Waals surface area contributed by atoms with Crippen LogP contribution in [0, 0.1) is 11.8 Å². The van der Waals surface area contributed by atoms with Gasteiger partial charge in [-0.25, -0.2) is 4.98 Å². The summed E-state index contributed by atoms with van der Waals surface area (Å²) < 4.78 is 6.44. The van der Waals surface area contributed by atoms with Gasteiger partial charge < -0.3 is 10.1 Å². The van der Waals surface area contributed by atoms with E-state index in [1.807, 2.05) is 11.6 Å². The van der Waals surface area contributed by atoms with Gasteiger partial charge in [0.15, 0.2) is 0 Å². The van der Waals surface area contributed by atoms with Crippen LogP contribution in [0.3, 0.4) is 0 Å². The number of hydrogen-bond donors (Lipinski definition) is 1. The van der Waals surface area contributed by atoms with Crippen LogP contribution in [0.15, 0.2) is 11.6 Å². The zero-order valence-corrected chi connectivity index (χ0v) is 15.7. The average molecular weight is 368 g/mol. The van der Waals surface area contributed by atoms with E-state index in [9.17, 15) is 4.79 Å². The molecule has 3 fully saturated rings. The lowest BCUT2D eigenvalue weighted by molar-refractivity contribution is -0.118. The Balaban J connectivity index is 1.36. The maximum absolute atomic E-state index is 11.9. The van der Waals surface area contributed by atoms with E-state index in [-0.39, 0.29) is 11.5 Å². The molecule has 7 heteroatoms. The van der Waals surface area contributed by atoms with E-state index in [2.05, 4.69) is 22.1 Å². The van der Waals surface area contributed by atoms with Crippen molar-refractivity contribution in [2.45, 2.75) is 38.0 Å². The Labute approximate surface area is 151 Å². The summed E-state index contributed by atoms with van der Waals surface area (Å²) in [6.45, 7) is 5.87. The largest absolute Gasteiger partial charge is 0.370 e. The number of thioether (sulfide) groups is 1. The van der Waals surface area contributed by atoms with Crippen molar-refractivity contribution in [1.82, 2.24) is 15.2 Å². The molecule has 1 spiro atoms. The molecule has 0 aliphatic carbocycles. The number of aromatic nitrogens is 1. The van der Waals surface area contributed by atoms with Crippen LogP contribution in [0.25, 0.3) is 0 Å². The van der Waals surface area contributed by atoms with Gasteiger partial charge in [0.1, 0.15) is 5.01 Å². The summed E-state index contributed by atoms with van der Waals surface area (Å²) in [5.74, 6) is 2.74. The molecule has 0 unspecified atom stereocenters. The van der Waals surface area contributed by atoms with Crippen LogP contribution in [-0.2, 0) is 16.1 Å². The van der Waals surface area contributed by atoms with Crippen LogP contribution in [0.4, 0.5) is 0 Å². The zero-order valence-electron chi connectivity index (χ0n) is 14.1. The van der Waals surface area contributed by atoms with Crippen molar-refractivity contribution in [3.05, 3.63) is 16.6 Å². The maximum Gasteiger partial charge on any atom is 0.230 e. The number of amides is 1. The van der Waals surface area contributed by atoms with Gasteiger partial charge in [-0.1, -0.05) is 6.92 Å². The van der Waals surface area contributed by atoms with Crippen LogP contribution in [-0.4, -0.2) is 58.6 Å². The highest BCUT2D eigenvalue weighted by Gasteiger charge is 2.62. The summed E-state index contributed by atoms with van der Waals surface area (Å²) in [4.78, 5) is 18.9. The first-order valence-corrected chi connectivity index (χ1v) is 10.9. The van der Waals surface area contributed by atoms with Crippen molar-refractivity contribution in [2.24, 2.45) is 11.8 Å². The summed E-state index contributed by atoms with van der Waals surface area (Å²) in [5.41, 5.74) is 0.0372. The lowest BCUT2D eigenvalue weighted by Crippen LogP contribution is -2.42. The fraction of sp³-hybridized carbons (Fsp3) is 0.765. The Bertz CT molecular complexity index is 582. The molecule has 4 heterocycles. The monoisotopic (exact) mass is 367 g/mol. The molecule has 1 aromatic rings. The molecule has 0 saturated carbocycles. The number of likely N-dealkylation sites (tertiary alicyclic amines) is 1. The van der Waals surface area contributed by atoms with E-state index in [0.29, 0.717) is 23.7 Å². The molecule has 3 aliphatic heterocycles. The van der Waals surface area contributed by atoms with Gasteiger partial charge in [0.25, 0.3) is 0 Å². The molecular weight excluding hydrogens is 342 g/mol. The van der Waals surface area contributed by atoms with Gasteiger partial charge in [0.2, 0.25) is 5.91 Å². The number of carbonyl (C=O) groups excluding carboxylic acids is 1. The molecule has 4 atom stereocenters. The third-order valence-electron chi connectivity index (χ3n) is 5.67. The molecule has 1 aromatic heterocycles. The Morgan fingerprint density at radius 3 is 3.33 bits per heavy atom. The van der Waals surface area contributed by atoms with Crippen LogP contribution < -0.4 is 5.32 Å². The van der Waals surface area contributed by atoms with Gasteiger partial charge in [-0.05, 0) is 18.6 Å². The first-order valence-electron chi connectivity index (χ1n) is 8.83. The second kappa shape index (κ2) is 6.94. The predicted molar refractivity (Wildman–Crippen MR) is 97.2 cm³/mol. The number of nitrogens with one attached hydrogen (secondary N) is 1. The number of hydrogen-bond acceptors (Lipinski definition) is 6. The smallest absolute Gasteiger partial charge is 0.230 e. The fourth-order valence-corrected chi connectivity index (χ4v) is 5.83. The van der Waals surface area contributed by atoms with Gasteiger partial charge in [-0.15, -0.1) is 11.3 Å². The standard InChI is InChI=1S/C17H25N3O2S2/c1-2-23-10-15(21)19-7-12-13-8-20(9-16-18-5-6-24-16)11-17(13)4-3-14(12)22-17/h5-6,12-14H,2-4,7-11H2,1H3,(H,19,21)/t12-,13+,14+,17+/m0/s1. The molecule has 0 aromatic carbocycles. The molecule has 0 radical (unpaired) electrons. The molecule has 4 rings (SSSR count). The van der Waals surface area contributed by atoms with E-state index in [0.717, 1.165) is 38.4 Å². The minimum absolute atomic E-state index is 0.0372. The second-order valence-corrected chi connectivity index (χ2v) is 9.32. The number of nitrogens with zero attached hydrogens (tertiary/aromatic N) is 2. The zero-order chi connectivity index (χ0) is 16.6. The molecule has 3 aliphatic rings. The number of thiazole rings is 1. The van der Waals surface area contributed by atoms with Gasteiger partial charge >= 0.3 is 0 Å². The number of rotatable bonds is 7. The van der Waals surface area contributed by atoms with E-state index in [4.69, 9.17) is 4.74 Å². The third kappa shape index (κ3) is 3.11. The molecule has 5 nitrogen and oxygen atoms in total. The highest BCUT2D eigenvalue weighted by Crippen LogP contribution is 2.54. The Morgan fingerprint density at radius 1 is 1.62 bits per heavy atom. The van der Waals surface area contributed by atoms with Crippen LogP contribution in [0.2, 0.25) is 0 Å². The molecule has 1 amide bonds. The van der Waals surface area contributed by atoms with Gasteiger partial charge in [-0.3, -0.25) is 9.69 Å². The van der Waals surface area contributed by atoms with Crippen molar-refractivity contribution >= 4 is 29.0 Å². The number of fused-ring (bicyclic) bond motifs is 1. The van der Waals surface area contributed by atoms with Gasteiger partial charge in [0, 0.05) is 43.0 Å². The Kier molecular flexibility index (Phi) is 4.86. The van der Waals surface area contributed by atoms with Crippen LogP contribution in [0.5, 0.6) is 0 Å². The quantitative estimate of drug-likeness (QED) is 0.799. The Hall–Kier alpha value is -0.630. The fourth-order valence-electron chi connectivity index (χ4n) is 4.68. The number of carbonyl (C=O) groups is 1. The maximum atomic E-state index is 11.9. The van der Waals surface area contributed by atoms with Crippen molar-refractivity contribution in [3.63, 3.8) is 0 Å². The summed E-state index contributed by atoms with van der Waals surface area (Å²) >= 11 is 3.40. The molecular formula is C17H25N3O2S2. The second-order valence-electron chi connectivity index (χ2n) is 7.07. The summed E-state index contributed by atoms with van der Waals surface area (Å²) in [5, 5.41) is 6.37. The first kappa shape index (κ1) is 16.8. The predicted octanol–water partition coefficient (Wildman–Crippen LogP) is 1.99. The SMILES string of the molecule is CCSCC(=O)NC[C@H]1[C@H]2CN(Cc3nccs3)C[C@]23CC[C@H]1O3. The highest BCUT2D eigenvalue weighted by atomic mass is 32.2. The van der Waals surface area contributed by atoms with Crippen molar-refractivity contribution in [3.8, 4) is 0 Å². The normalized spacial score (nSPS) is 34.6. The van der Waals surface area contributed by atoms with Crippen molar-refractivity contribution in [2.75, 3.05) is 31.1 Å². The summed E-state index contributed by atoms with van der Waals surface area (Å²) in [6.07, 6.45) is 4.54. The van der Waals surface area contributed by atoms with Gasteiger partial charge in [-0.2, -0.15) is 11.8 Å². The van der Waals surface area contributed by atoms with Crippen LogP contribution in [0.1, 0.15) is 24.8 Å². The molecule has 132 valence electrons. The van der Waals surface area contributed by atoms with E-state index < -0.39 is 0 Å². The van der Waals surface area contributed by atoms with E-state index in [1.54, 1.807) is 23.1 Å². The Morgan fingerprint density at radius 2 is 2.54 bits per heavy atom. The molecule has 1 N–H and O–H groups in total. The molecule has 2 bridgehead atoms. The number of ether oxygens (including phenoxy) is 1. The third-order valence-corrected chi connectivity index (χ3v) is 7.31. The van der Waals surface area contributed by atoms with Gasteiger partial charge in [0.05, 0.1) is 24.0 Å². The molecule has 24 heavy (non-hydrogen) atoms. The van der Waals surface area contributed by atoms with Crippen molar-refractivity contribution < 1.29 is 9.53 Å². The minimum Gasteiger partial charge on any atom is -0.370 e. The molecule has 3 saturated heterocycles. The average Bonchev–Trinajstić information content (AvgIpc) is 3.32. The summed E-state index contributed by atoms with van der Waals surface area (Å²) in [6, 6.07) is 0. The van der Waals surface area contributed by atoms with Crippen molar-refractivity contribution in [1.29, 1.82) is 0 Å². The lowest BCUT2D eigenvalue weighted by Gasteiger charge is -2.29. The first-order chi connectivity index (χ1) is 11.7. The van der Waals surface area contributed by atoms with Crippen LogP contribution >= 0.6 is 23.1 Å². The van der Waals surface area contributed by atoms with E-state index in [1.165, 1.54) is 11.4 Å². The lowest BCUT2D eigenvalue weighted by atomic mass is 9.73. The van der Waals surface area contributed by atoms with E-state index >= 15 is 0 Å². The minimum atomic E-state index is 0.0372. The summed E-state index contributed by atoms with van der Waals surface area (Å²) in [7, 11) is 0. The topological polar surface area (TPSA) is 54.5 Å². The highest BCUT2D eigenvalue weighted by molar-refractivity contribution is 7.99.